The molecule has 232 valence electrons. The summed E-state index contributed by atoms with van der Waals surface area (Å²) in [5.74, 6) is 0.889. The summed E-state index contributed by atoms with van der Waals surface area (Å²) in [6.45, 7) is 4.96. The van der Waals surface area contributed by atoms with E-state index in [2.05, 4.69) is 28.0 Å². The van der Waals surface area contributed by atoms with Crippen LogP contribution in [0.5, 0.6) is 11.6 Å². The molecule has 0 spiro atoms. The monoisotopic (exact) mass is 628 g/mol. The minimum atomic E-state index is -0.525. The lowest BCUT2D eigenvalue weighted by Crippen LogP contribution is -2.40. The normalized spacial score (nSPS) is 18.7. The van der Waals surface area contributed by atoms with Gasteiger partial charge in [-0.25, -0.2) is 9.67 Å². The Morgan fingerprint density at radius 1 is 1.16 bits per heavy atom. The van der Waals surface area contributed by atoms with Gasteiger partial charge in [0, 0.05) is 55.1 Å². The van der Waals surface area contributed by atoms with Gasteiger partial charge in [-0.2, -0.15) is 5.10 Å². The molecule has 0 saturated carbocycles. The van der Waals surface area contributed by atoms with Gasteiger partial charge in [-0.3, -0.25) is 14.4 Å². The first-order valence-corrected chi connectivity index (χ1v) is 15.0. The number of benzene rings is 2. The summed E-state index contributed by atoms with van der Waals surface area (Å²) in [7, 11) is 3.07. The van der Waals surface area contributed by atoms with Gasteiger partial charge in [-0.05, 0) is 36.1 Å². The van der Waals surface area contributed by atoms with Crippen LogP contribution in [0.15, 0.2) is 59.5 Å². The van der Waals surface area contributed by atoms with Crippen LogP contribution in [0.1, 0.15) is 40.9 Å². The number of methoxy groups -OCH3 is 1. The Labute approximate surface area is 264 Å². The number of aryl methyl sites for hydroxylation is 1. The first-order valence-electron chi connectivity index (χ1n) is 14.6. The first kappa shape index (κ1) is 30.3. The fourth-order valence-electron chi connectivity index (χ4n) is 5.89. The molecule has 4 aromatic rings. The minimum absolute atomic E-state index is 0.00603. The van der Waals surface area contributed by atoms with Gasteiger partial charge < -0.3 is 25.4 Å². The van der Waals surface area contributed by atoms with E-state index in [0.717, 1.165) is 26.9 Å². The zero-order chi connectivity index (χ0) is 31.8. The first-order chi connectivity index (χ1) is 21.7. The number of anilines is 1. The third-order valence-corrected chi connectivity index (χ3v) is 8.86. The molecule has 2 aliphatic heterocycles. The molecule has 45 heavy (non-hydrogen) atoms. The fourth-order valence-corrected chi connectivity index (χ4v) is 6.22. The van der Waals surface area contributed by atoms with Crippen LogP contribution < -0.4 is 31.0 Å². The van der Waals surface area contributed by atoms with Crippen molar-refractivity contribution < 1.29 is 19.1 Å². The number of carbonyl (C=O) groups excluding carboxylic acids is 2. The van der Waals surface area contributed by atoms with Crippen LogP contribution in [-0.2, 0) is 11.8 Å². The molecule has 6 rings (SSSR count). The standard InChI is InChI=1S/C33H33ClN6O5/c1-17-13-28(41)37-25(17)15-35-26-16-45-27-14-24(39-32(44-4)29(26)27)21-9-5-8-20(30(21)34)19-7-6-10-23(18(19)2)38-31(42)22-11-12-36-40(3)33(22)43/h5-12,14,17,25-26,35H,13,15-16H2,1-4H3,(H,37,41)(H,38,42). The highest BCUT2D eigenvalue weighted by atomic mass is 35.5. The Kier molecular flexibility index (Phi) is 8.30. The Morgan fingerprint density at radius 2 is 1.91 bits per heavy atom. The van der Waals surface area contributed by atoms with Crippen molar-refractivity contribution in [3.63, 3.8) is 0 Å². The van der Waals surface area contributed by atoms with Crippen LogP contribution in [0, 0.1) is 12.8 Å². The number of halogens is 1. The number of aromatic nitrogens is 3. The molecule has 4 heterocycles. The molecule has 3 atom stereocenters. The Morgan fingerprint density at radius 3 is 2.67 bits per heavy atom. The molecule has 0 radical (unpaired) electrons. The van der Waals surface area contributed by atoms with Crippen molar-refractivity contribution in [2.24, 2.45) is 13.0 Å². The van der Waals surface area contributed by atoms with Gasteiger partial charge in [0.05, 0.1) is 29.4 Å². The van der Waals surface area contributed by atoms with E-state index >= 15 is 0 Å². The van der Waals surface area contributed by atoms with Crippen LogP contribution in [0.25, 0.3) is 22.4 Å². The number of pyridine rings is 1. The Balaban J connectivity index is 1.28. The SMILES string of the molecule is COc1nc(-c2cccc(-c3cccc(NC(=O)c4ccnn(C)c4=O)c3C)c2Cl)cc2c1C(NCC1NC(=O)CC1C)CO2. The number of nitrogens with zero attached hydrogens (tertiary/aromatic N) is 3. The molecule has 3 unspecified atom stereocenters. The van der Waals surface area contributed by atoms with Crippen molar-refractivity contribution in [3.8, 4) is 34.0 Å². The van der Waals surface area contributed by atoms with Gasteiger partial charge in [0.25, 0.3) is 11.5 Å². The second-order valence-corrected chi connectivity index (χ2v) is 11.7. The van der Waals surface area contributed by atoms with E-state index in [9.17, 15) is 14.4 Å². The Hall–Kier alpha value is -4.74. The van der Waals surface area contributed by atoms with Crippen LogP contribution in [0.3, 0.4) is 0 Å². The van der Waals surface area contributed by atoms with Gasteiger partial charge in [0.15, 0.2) is 0 Å². The van der Waals surface area contributed by atoms with Crippen molar-refractivity contribution in [2.75, 3.05) is 25.6 Å². The van der Waals surface area contributed by atoms with E-state index in [-0.39, 0.29) is 29.5 Å². The Bertz CT molecular complexity index is 1880. The molecule has 1 fully saturated rings. The lowest BCUT2D eigenvalue weighted by atomic mass is 9.96. The van der Waals surface area contributed by atoms with E-state index < -0.39 is 11.5 Å². The second-order valence-electron chi connectivity index (χ2n) is 11.3. The van der Waals surface area contributed by atoms with Gasteiger partial charge >= 0.3 is 0 Å². The molecule has 0 aliphatic carbocycles. The van der Waals surface area contributed by atoms with Gasteiger partial charge in [-0.1, -0.05) is 48.9 Å². The number of rotatable bonds is 8. The highest BCUT2D eigenvalue weighted by Gasteiger charge is 2.34. The maximum absolute atomic E-state index is 13.0. The smallest absolute Gasteiger partial charge is 0.279 e. The van der Waals surface area contributed by atoms with Gasteiger partial charge in [0.2, 0.25) is 11.8 Å². The summed E-state index contributed by atoms with van der Waals surface area (Å²) < 4.78 is 12.9. The molecule has 2 aromatic carbocycles. The van der Waals surface area contributed by atoms with Crippen LogP contribution in [0.2, 0.25) is 5.02 Å². The van der Waals surface area contributed by atoms with Gasteiger partial charge in [-0.15, -0.1) is 0 Å². The van der Waals surface area contributed by atoms with E-state index in [1.807, 2.05) is 43.3 Å². The van der Waals surface area contributed by atoms with Crippen LogP contribution >= 0.6 is 11.6 Å². The van der Waals surface area contributed by atoms with Crippen LogP contribution in [0.4, 0.5) is 5.69 Å². The maximum Gasteiger partial charge on any atom is 0.279 e. The fraction of sp³-hybridized carbons (Fsp3) is 0.303. The highest BCUT2D eigenvalue weighted by Crippen LogP contribution is 2.44. The third-order valence-electron chi connectivity index (χ3n) is 8.45. The topological polar surface area (TPSA) is 136 Å². The molecular formula is C33H33ClN6O5. The lowest BCUT2D eigenvalue weighted by molar-refractivity contribution is -0.119. The zero-order valence-electron chi connectivity index (χ0n) is 25.3. The van der Waals surface area contributed by atoms with Crippen molar-refractivity contribution in [3.05, 3.63) is 86.8 Å². The molecule has 3 N–H and O–H groups in total. The van der Waals surface area contributed by atoms with Crippen LogP contribution in [-0.4, -0.2) is 52.9 Å². The number of hydrogen-bond donors (Lipinski definition) is 3. The average molecular weight is 629 g/mol. The number of fused-ring (bicyclic) bond motifs is 1. The molecule has 12 heteroatoms. The lowest BCUT2D eigenvalue weighted by Gasteiger charge is -2.20. The zero-order valence-corrected chi connectivity index (χ0v) is 26.1. The second kappa shape index (κ2) is 12.3. The van der Waals surface area contributed by atoms with Crippen molar-refractivity contribution in [2.45, 2.75) is 32.4 Å². The highest BCUT2D eigenvalue weighted by molar-refractivity contribution is 6.36. The number of carbonyl (C=O) groups is 2. The van der Waals surface area contributed by atoms with Crippen molar-refractivity contribution >= 4 is 29.1 Å². The number of nitrogens with one attached hydrogen (secondary N) is 3. The summed E-state index contributed by atoms with van der Waals surface area (Å²) in [5.41, 5.74) is 4.49. The van der Waals surface area contributed by atoms with Gasteiger partial charge in [0.1, 0.15) is 17.9 Å². The van der Waals surface area contributed by atoms with E-state index in [1.54, 1.807) is 13.2 Å². The third kappa shape index (κ3) is 5.76. The van der Waals surface area contributed by atoms with Crippen molar-refractivity contribution in [1.82, 2.24) is 25.4 Å². The molecule has 2 aliphatic rings. The molecular weight excluding hydrogens is 596 g/mol. The molecule has 0 bridgehead atoms. The van der Waals surface area contributed by atoms with E-state index in [4.69, 9.17) is 26.1 Å². The van der Waals surface area contributed by atoms with Crippen molar-refractivity contribution in [1.29, 1.82) is 0 Å². The summed E-state index contributed by atoms with van der Waals surface area (Å²) >= 11 is 7.06. The van der Waals surface area contributed by atoms with E-state index in [0.29, 0.717) is 53.2 Å². The molecule has 2 amide bonds. The summed E-state index contributed by atoms with van der Waals surface area (Å²) in [6.07, 6.45) is 1.94. The number of hydrogen-bond acceptors (Lipinski definition) is 8. The maximum atomic E-state index is 13.0. The predicted octanol–water partition coefficient (Wildman–Crippen LogP) is 4.28. The molecule has 2 aromatic heterocycles. The number of ether oxygens (including phenoxy) is 2. The summed E-state index contributed by atoms with van der Waals surface area (Å²) in [6, 6.07) is 14.4. The molecule has 1 saturated heterocycles. The predicted molar refractivity (Wildman–Crippen MR) is 171 cm³/mol. The quantitative estimate of drug-likeness (QED) is 0.263. The summed E-state index contributed by atoms with van der Waals surface area (Å²) in [5, 5.41) is 13.7. The minimum Gasteiger partial charge on any atom is -0.491 e. The summed E-state index contributed by atoms with van der Waals surface area (Å²) in [4.78, 5) is 42.0. The number of amides is 2. The van der Waals surface area contributed by atoms with E-state index in [1.165, 1.54) is 19.3 Å². The molecule has 11 nitrogen and oxygen atoms in total. The average Bonchev–Trinajstić information content (AvgIpc) is 3.59. The largest absolute Gasteiger partial charge is 0.491 e.